The van der Waals surface area contributed by atoms with Crippen molar-refractivity contribution in [1.29, 1.82) is 0 Å². The van der Waals surface area contributed by atoms with Crippen LogP contribution < -0.4 is 4.90 Å². The molecule has 4 rings (SSSR count). The lowest BCUT2D eigenvalue weighted by molar-refractivity contribution is 0.607. The molecule has 1 aliphatic heterocycles. The first-order chi connectivity index (χ1) is 16.3. The Morgan fingerprint density at radius 2 is 1.12 bits per heavy atom. The minimum atomic E-state index is 0.830. The number of nitrogens with zero attached hydrogens (tertiary/aromatic N) is 1. The number of fused-ring (bicyclic) bond motifs is 1. The van der Waals surface area contributed by atoms with Crippen LogP contribution in [-0.4, -0.2) is 12.6 Å². The number of benzene rings is 3. The van der Waals surface area contributed by atoms with Gasteiger partial charge in [-0.3, -0.25) is 0 Å². The number of rotatable bonds is 13. The topological polar surface area (TPSA) is 3.01 Å². The van der Waals surface area contributed by atoms with Crippen LogP contribution in [0, 0.1) is 0 Å². The molecule has 3 aromatic carbocycles. The van der Waals surface area contributed by atoms with Crippen LogP contribution >= 0.6 is 0 Å². The largest absolute Gasteiger partial charge is 0.365 e. The maximum absolute atomic E-state index is 2.57. The molecule has 178 valence electrons. The SMILES string of the molecule is CCCCCCCCc1ccc(N2CC2CCCCCC)cc1.c1ccc2ccccc2c1. The van der Waals surface area contributed by atoms with E-state index in [1.165, 1.54) is 106 Å². The normalized spacial score (nSPS) is 14.7. The fraction of sp³-hybridized carbons (Fsp3) is 0.500. The van der Waals surface area contributed by atoms with Gasteiger partial charge in [0, 0.05) is 18.3 Å². The Morgan fingerprint density at radius 3 is 1.70 bits per heavy atom. The summed E-state index contributed by atoms with van der Waals surface area (Å²) in [5, 5.41) is 2.62. The Balaban J connectivity index is 0.000000252. The van der Waals surface area contributed by atoms with E-state index < -0.39 is 0 Å². The molecule has 0 aromatic heterocycles. The summed E-state index contributed by atoms with van der Waals surface area (Å²) in [4.78, 5) is 2.57. The summed E-state index contributed by atoms with van der Waals surface area (Å²) in [7, 11) is 0. The molecule has 1 unspecified atom stereocenters. The molecular formula is C32H45N. The zero-order valence-electron chi connectivity index (χ0n) is 21.1. The molecule has 0 saturated carbocycles. The Morgan fingerprint density at radius 1 is 0.606 bits per heavy atom. The van der Waals surface area contributed by atoms with Crippen molar-refractivity contribution < 1.29 is 0 Å². The minimum Gasteiger partial charge on any atom is -0.365 e. The van der Waals surface area contributed by atoms with E-state index in [-0.39, 0.29) is 0 Å². The Kier molecular flexibility index (Phi) is 11.4. The van der Waals surface area contributed by atoms with E-state index in [1.807, 2.05) is 0 Å². The smallest absolute Gasteiger partial charge is 0.0466 e. The second kappa shape index (κ2) is 14.8. The maximum Gasteiger partial charge on any atom is 0.0466 e. The number of hydrogen-bond donors (Lipinski definition) is 0. The highest BCUT2D eigenvalue weighted by Crippen LogP contribution is 2.31. The third kappa shape index (κ3) is 9.24. The molecule has 1 heterocycles. The molecule has 0 spiro atoms. The van der Waals surface area contributed by atoms with E-state index in [1.54, 1.807) is 0 Å². The third-order valence-corrected chi connectivity index (χ3v) is 6.85. The number of unbranched alkanes of at least 4 members (excludes halogenated alkanes) is 8. The summed E-state index contributed by atoms with van der Waals surface area (Å²) < 4.78 is 0. The summed E-state index contributed by atoms with van der Waals surface area (Å²) in [5.74, 6) is 0. The Hall–Kier alpha value is -2.28. The molecule has 33 heavy (non-hydrogen) atoms. The van der Waals surface area contributed by atoms with E-state index in [2.05, 4.69) is 91.5 Å². The van der Waals surface area contributed by atoms with Crippen LogP contribution in [0.3, 0.4) is 0 Å². The van der Waals surface area contributed by atoms with Crippen LogP contribution in [-0.2, 0) is 6.42 Å². The molecule has 1 fully saturated rings. The predicted octanol–water partition coefficient (Wildman–Crippen LogP) is 9.59. The molecule has 0 amide bonds. The fourth-order valence-electron chi connectivity index (χ4n) is 4.65. The van der Waals surface area contributed by atoms with Gasteiger partial charge in [0.25, 0.3) is 0 Å². The van der Waals surface area contributed by atoms with Crippen LogP contribution in [0.5, 0.6) is 0 Å². The summed E-state index contributed by atoms with van der Waals surface area (Å²) in [6, 6.07) is 26.9. The molecule has 0 radical (unpaired) electrons. The van der Waals surface area contributed by atoms with Gasteiger partial charge in [-0.05, 0) is 47.7 Å². The van der Waals surface area contributed by atoms with Crippen molar-refractivity contribution in [2.24, 2.45) is 0 Å². The summed E-state index contributed by atoms with van der Waals surface area (Å²) >= 11 is 0. The molecule has 0 aliphatic carbocycles. The van der Waals surface area contributed by atoms with Gasteiger partial charge in [0.1, 0.15) is 0 Å². The van der Waals surface area contributed by atoms with Gasteiger partial charge in [-0.2, -0.15) is 0 Å². The van der Waals surface area contributed by atoms with E-state index in [9.17, 15) is 0 Å². The first kappa shape index (κ1) is 25.3. The van der Waals surface area contributed by atoms with E-state index in [0.717, 1.165) is 6.04 Å². The number of hydrogen-bond acceptors (Lipinski definition) is 1. The lowest BCUT2D eigenvalue weighted by Crippen LogP contribution is -1.99. The molecule has 1 heteroatoms. The van der Waals surface area contributed by atoms with Crippen LogP contribution in [0.2, 0.25) is 0 Å². The molecular weight excluding hydrogens is 398 g/mol. The molecule has 1 atom stereocenters. The van der Waals surface area contributed by atoms with Crippen molar-refractivity contribution in [3.8, 4) is 0 Å². The minimum absolute atomic E-state index is 0.830. The first-order valence-electron chi connectivity index (χ1n) is 13.6. The molecule has 1 saturated heterocycles. The quantitative estimate of drug-likeness (QED) is 0.188. The summed E-state index contributed by atoms with van der Waals surface area (Å²) in [6.45, 7) is 5.85. The van der Waals surface area contributed by atoms with Gasteiger partial charge in [0.15, 0.2) is 0 Å². The number of anilines is 1. The van der Waals surface area contributed by atoms with Gasteiger partial charge in [0.05, 0.1) is 0 Å². The van der Waals surface area contributed by atoms with E-state index in [0.29, 0.717) is 0 Å². The zero-order valence-corrected chi connectivity index (χ0v) is 21.1. The van der Waals surface area contributed by atoms with Crippen LogP contribution in [0.1, 0.15) is 90.0 Å². The standard InChI is InChI=1S/C22H37N.C10H8/c1-3-5-7-9-10-11-13-20-15-17-21(18-16-20)23-19-22(23)14-12-8-6-4-2;1-2-6-10-8-4-3-7-9(10)5-1/h15-18,22H,3-14,19H2,1-2H3;1-8H. The van der Waals surface area contributed by atoms with Gasteiger partial charge in [-0.25, -0.2) is 0 Å². The monoisotopic (exact) mass is 443 g/mol. The van der Waals surface area contributed by atoms with Crippen LogP contribution in [0.15, 0.2) is 72.8 Å². The van der Waals surface area contributed by atoms with Gasteiger partial charge in [0.2, 0.25) is 0 Å². The van der Waals surface area contributed by atoms with Crippen molar-refractivity contribution >= 4 is 16.5 Å². The highest BCUT2D eigenvalue weighted by Gasteiger charge is 2.32. The second-order valence-corrected chi connectivity index (χ2v) is 9.69. The third-order valence-electron chi connectivity index (χ3n) is 6.85. The highest BCUT2D eigenvalue weighted by atomic mass is 15.3. The molecule has 1 nitrogen and oxygen atoms in total. The Labute approximate surface area is 203 Å². The zero-order chi connectivity index (χ0) is 23.1. The lowest BCUT2D eigenvalue weighted by atomic mass is 10.0. The fourth-order valence-corrected chi connectivity index (χ4v) is 4.65. The first-order valence-corrected chi connectivity index (χ1v) is 13.6. The van der Waals surface area contributed by atoms with Gasteiger partial charge in [-0.1, -0.05) is 132 Å². The number of aryl methyl sites for hydroxylation is 1. The Bertz CT molecular complexity index is 832. The molecule has 3 aromatic rings. The van der Waals surface area contributed by atoms with Crippen molar-refractivity contribution in [3.63, 3.8) is 0 Å². The van der Waals surface area contributed by atoms with E-state index >= 15 is 0 Å². The van der Waals surface area contributed by atoms with Crippen molar-refractivity contribution in [1.82, 2.24) is 0 Å². The van der Waals surface area contributed by atoms with Crippen LogP contribution in [0.25, 0.3) is 10.8 Å². The summed E-state index contributed by atoms with van der Waals surface area (Å²) in [6.07, 6.45) is 16.6. The van der Waals surface area contributed by atoms with Crippen molar-refractivity contribution in [2.75, 3.05) is 11.4 Å². The van der Waals surface area contributed by atoms with Gasteiger partial charge in [-0.15, -0.1) is 0 Å². The molecule has 1 aliphatic rings. The van der Waals surface area contributed by atoms with Crippen molar-refractivity contribution in [2.45, 2.75) is 96.9 Å². The highest BCUT2D eigenvalue weighted by molar-refractivity contribution is 5.82. The average Bonchev–Trinajstić information content (AvgIpc) is 3.64. The lowest BCUT2D eigenvalue weighted by Gasteiger charge is -2.08. The summed E-state index contributed by atoms with van der Waals surface area (Å²) in [5.41, 5.74) is 2.96. The van der Waals surface area contributed by atoms with E-state index in [4.69, 9.17) is 0 Å². The maximum atomic E-state index is 2.57. The average molecular weight is 444 g/mol. The van der Waals surface area contributed by atoms with Gasteiger partial charge < -0.3 is 4.90 Å². The molecule has 0 N–H and O–H groups in total. The predicted molar refractivity (Wildman–Crippen MR) is 147 cm³/mol. The molecule has 0 bridgehead atoms. The van der Waals surface area contributed by atoms with Crippen molar-refractivity contribution in [3.05, 3.63) is 78.4 Å². The second-order valence-electron chi connectivity index (χ2n) is 9.69. The van der Waals surface area contributed by atoms with Crippen LogP contribution in [0.4, 0.5) is 5.69 Å². The van der Waals surface area contributed by atoms with Gasteiger partial charge >= 0.3 is 0 Å².